The van der Waals surface area contributed by atoms with Gasteiger partial charge in [-0.2, -0.15) is 4.99 Å². The van der Waals surface area contributed by atoms with Crippen LogP contribution in [0, 0.1) is 18.6 Å². The topological polar surface area (TPSA) is 120 Å². The minimum absolute atomic E-state index is 0.0121. The molecule has 0 aliphatic carbocycles. The van der Waals surface area contributed by atoms with E-state index in [1.807, 2.05) is 13.0 Å². The van der Waals surface area contributed by atoms with Crippen LogP contribution < -0.4 is 19.7 Å². The molecule has 1 aliphatic heterocycles. The second-order valence-corrected chi connectivity index (χ2v) is 10.6. The van der Waals surface area contributed by atoms with Crippen LogP contribution >= 0.6 is 11.8 Å². The highest BCUT2D eigenvalue weighted by molar-refractivity contribution is 8.15. The number of aliphatic imine (C=N–C) groups is 1. The molecular weight excluding hydrogens is 639 g/mol. The standard InChI is InChI=1S/C29H23F5N6O5S/c1-16-3-4-17(12-43-2)23(9-16)40-25(41)14-46-28(40)37-27(42)36-18-10-21(30)26(22(31)11-18)44-13-24-35-15-39(38-24)19-5-7-20(8-6-19)45-29(32,33)34/h3-11,15H,12-14H2,1-2H3,(H,36,42). The Balaban J connectivity index is 1.24. The summed E-state index contributed by atoms with van der Waals surface area (Å²) in [6, 6.07) is 10.9. The molecule has 11 nitrogen and oxygen atoms in total. The van der Waals surface area contributed by atoms with Gasteiger partial charge in [0.25, 0.3) is 0 Å². The van der Waals surface area contributed by atoms with Crippen molar-refractivity contribution >= 4 is 40.2 Å². The van der Waals surface area contributed by atoms with E-state index in [-0.39, 0.29) is 34.9 Å². The fourth-order valence-corrected chi connectivity index (χ4v) is 5.13. The third kappa shape index (κ3) is 7.78. The van der Waals surface area contributed by atoms with Crippen molar-refractivity contribution in [3.8, 4) is 17.2 Å². The van der Waals surface area contributed by atoms with Gasteiger partial charge < -0.3 is 19.5 Å². The zero-order chi connectivity index (χ0) is 33.0. The van der Waals surface area contributed by atoms with E-state index in [1.54, 1.807) is 12.1 Å². The van der Waals surface area contributed by atoms with E-state index in [0.717, 1.165) is 41.6 Å². The van der Waals surface area contributed by atoms with Gasteiger partial charge in [0.1, 0.15) is 18.7 Å². The average Bonchev–Trinajstić information content (AvgIpc) is 3.59. The van der Waals surface area contributed by atoms with Crippen LogP contribution in [-0.2, 0) is 22.7 Å². The number of aromatic nitrogens is 3. The Labute approximate surface area is 262 Å². The number of carbonyl (C=O) groups is 2. The molecule has 1 fully saturated rings. The largest absolute Gasteiger partial charge is 0.573 e. The molecule has 0 atom stereocenters. The highest BCUT2D eigenvalue weighted by atomic mass is 32.2. The van der Waals surface area contributed by atoms with E-state index in [1.165, 1.54) is 35.2 Å². The first-order chi connectivity index (χ1) is 21.9. The van der Waals surface area contributed by atoms with Crippen molar-refractivity contribution < 1.29 is 45.8 Å². The lowest BCUT2D eigenvalue weighted by Crippen LogP contribution is -2.31. The number of benzene rings is 3. The lowest BCUT2D eigenvalue weighted by atomic mass is 10.1. The van der Waals surface area contributed by atoms with Crippen LogP contribution in [0.4, 0.5) is 38.1 Å². The molecule has 1 aliphatic rings. The number of halogens is 5. The third-order valence-electron chi connectivity index (χ3n) is 6.21. The summed E-state index contributed by atoms with van der Waals surface area (Å²) in [5.74, 6) is -3.71. The molecule has 3 amide bonds. The van der Waals surface area contributed by atoms with Crippen LogP contribution in [0.15, 0.2) is 65.9 Å². The summed E-state index contributed by atoms with van der Waals surface area (Å²) in [5.41, 5.74) is 2.16. The number of rotatable bonds is 9. The molecule has 0 saturated carbocycles. The highest BCUT2D eigenvalue weighted by Gasteiger charge is 2.32. The minimum Gasteiger partial charge on any atom is -0.479 e. The molecule has 17 heteroatoms. The summed E-state index contributed by atoms with van der Waals surface area (Å²) in [5, 5.41) is 6.46. The molecule has 5 rings (SSSR count). The van der Waals surface area contributed by atoms with Crippen molar-refractivity contribution in [2.75, 3.05) is 23.1 Å². The second-order valence-electron chi connectivity index (χ2n) is 9.61. The summed E-state index contributed by atoms with van der Waals surface area (Å²) in [6.07, 6.45) is -3.60. The van der Waals surface area contributed by atoms with Gasteiger partial charge in [0, 0.05) is 30.5 Å². The second kappa shape index (κ2) is 13.5. The molecule has 1 saturated heterocycles. The molecule has 240 valence electrons. The fraction of sp³-hybridized carbons (Fsp3) is 0.207. The number of ether oxygens (including phenoxy) is 3. The predicted octanol–water partition coefficient (Wildman–Crippen LogP) is 6.15. The normalized spacial score (nSPS) is 14.2. The van der Waals surface area contributed by atoms with Crippen LogP contribution in [0.1, 0.15) is 17.0 Å². The summed E-state index contributed by atoms with van der Waals surface area (Å²) in [7, 11) is 1.51. The lowest BCUT2D eigenvalue weighted by Gasteiger charge is -2.20. The molecule has 0 unspecified atom stereocenters. The Morgan fingerprint density at radius 3 is 2.46 bits per heavy atom. The van der Waals surface area contributed by atoms with Crippen molar-refractivity contribution in [2.45, 2.75) is 26.5 Å². The lowest BCUT2D eigenvalue weighted by molar-refractivity contribution is -0.274. The molecule has 2 heterocycles. The zero-order valence-corrected chi connectivity index (χ0v) is 24.8. The number of hydrogen-bond donors (Lipinski definition) is 1. The summed E-state index contributed by atoms with van der Waals surface area (Å²) in [6.45, 7) is 1.60. The summed E-state index contributed by atoms with van der Waals surface area (Å²) >= 11 is 1.04. The van der Waals surface area contributed by atoms with Crippen LogP contribution in [0.3, 0.4) is 0 Å². The van der Waals surface area contributed by atoms with Gasteiger partial charge in [0.05, 0.1) is 23.7 Å². The Morgan fingerprint density at radius 2 is 1.78 bits per heavy atom. The van der Waals surface area contributed by atoms with Crippen LogP contribution in [0.25, 0.3) is 5.69 Å². The van der Waals surface area contributed by atoms with E-state index < -0.39 is 42.1 Å². The Bertz CT molecular complexity index is 1770. The van der Waals surface area contributed by atoms with Gasteiger partial charge in [-0.3, -0.25) is 9.69 Å². The van der Waals surface area contributed by atoms with Crippen molar-refractivity contribution in [2.24, 2.45) is 4.99 Å². The van der Waals surface area contributed by atoms with Gasteiger partial charge in [0.2, 0.25) is 5.91 Å². The van der Waals surface area contributed by atoms with Crippen molar-refractivity contribution in [1.82, 2.24) is 14.8 Å². The van der Waals surface area contributed by atoms with Crippen molar-refractivity contribution in [1.29, 1.82) is 0 Å². The Hall–Kier alpha value is -5.03. The molecule has 1 aromatic heterocycles. The van der Waals surface area contributed by atoms with Gasteiger partial charge in [0.15, 0.2) is 28.4 Å². The number of anilines is 2. The number of carbonyl (C=O) groups excluding carboxylic acids is 2. The van der Waals surface area contributed by atoms with Crippen LogP contribution in [0.5, 0.6) is 11.5 Å². The number of amides is 3. The number of nitrogens with zero attached hydrogens (tertiary/aromatic N) is 5. The fourth-order valence-electron chi connectivity index (χ4n) is 4.27. The molecular formula is C29H23F5N6O5S. The molecule has 0 bridgehead atoms. The Kier molecular flexibility index (Phi) is 9.52. The van der Waals surface area contributed by atoms with Gasteiger partial charge >= 0.3 is 12.4 Å². The average molecular weight is 663 g/mol. The monoisotopic (exact) mass is 662 g/mol. The van der Waals surface area contributed by atoms with E-state index >= 15 is 0 Å². The number of amidine groups is 1. The number of aryl methyl sites for hydroxylation is 1. The number of urea groups is 1. The maximum Gasteiger partial charge on any atom is 0.573 e. The van der Waals surface area contributed by atoms with Crippen LogP contribution in [-0.4, -0.2) is 51.1 Å². The van der Waals surface area contributed by atoms with Gasteiger partial charge in [-0.25, -0.2) is 23.2 Å². The minimum atomic E-state index is -4.84. The van der Waals surface area contributed by atoms with Crippen LogP contribution in [0.2, 0.25) is 0 Å². The van der Waals surface area contributed by atoms with E-state index in [4.69, 9.17) is 9.47 Å². The van der Waals surface area contributed by atoms with E-state index in [2.05, 4.69) is 25.1 Å². The molecule has 0 radical (unpaired) electrons. The highest BCUT2D eigenvalue weighted by Crippen LogP contribution is 2.32. The maximum absolute atomic E-state index is 14.8. The first-order valence-corrected chi connectivity index (χ1v) is 14.2. The number of hydrogen-bond acceptors (Lipinski definition) is 8. The van der Waals surface area contributed by atoms with Gasteiger partial charge in [-0.1, -0.05) is 23.9 Å². The molecule has 46 heavy (non-hydrogen) atoms. The molecule has 4 aromatic rings. The van der Waals surface area contributed by atoms with E-state index in [0.29, 0.717) is 16.9 Å². The first kappa shape index (κ1) is 32.4. The zero-order valence-electron chi connectivity index (χ0n) is 24.0. The van der Waals surface area contributed by atoms with Crippen molar-refractivity contribution in [3.63, 3.8) is 0 Å². The first-order valence-electron chi connectivity index (χ1n) is 13.2. The maximum atomic E-state index is 14.8. The molecule has 0 spiro atoms. The molecule has 3 aromatic carbocycles. The number of nitrogens with one attached hydrogen (secondary N) is 1. The SMILES string of the molecule is COCc1ccc(C)cc1N1C(=O)CSC1=NC(=O)Nc1cc(F)c(OCc2ncn(-c3ccc(OC(F)(F)F)cc3)n2)c(F)c1. The quantitative estimate of drug-likeness (QED) is 0.212. The van der Waals surface area contributed by atoms with E-state index in [9.17, 15) is 31.5 Å². The van der Waals surface area contributed by atoms with Gasteiger partial charge in [-0.15, -0.1) is 18.3 Å². The third-order valence-corrected chi connectivity index (χ3v) is 7.14. The van der Waals surface area contributed by atoms with Crippen molar-refractivity contribution in [3.05, 3.63) is 89.5 Å². The predicted molar refractivity (Wildman–Crippen MR) is 157 cm³/mol. The number of thioether (sulfide) groups is 1. The summed E-state index contributed by atoms with van der Waals surface area (Å²) < 4.78 is 82.2. The molecule has 1 N–H and O–H groups in total. The Morgan fingerprint density at radius 1 is 1.07 bits per heavy atom. The van der Waals surface area contributed by atoms with Gasteiger partial charge in [-0.05, 0) is 42.8 Å². The number of alkyl halides is 3. The summed E-state index contributed by atoms with van der Waals surface area (Å²) in [4.78, 5) is 34.7. The smallest absolute Gasteiger partial charge is 0.479 e. The number of methoxy groups -OCH3 is 1.